The Morgan fingerprint density at radius 1 is 1.37 bits per heavy atom. The maximum atomic E-state index is 5.77. The molecular weight excluding hydrogens is 242 g/mol. The van der Waals surface area contributed by atoms with Gasteiger partial charge in [-0.25, -0.2) is 0 Å². The van der Waals surface area contributed by atoms with E-state index in [9.17, 15) is 0 Å². The molecule has 1 aromatic rings. The van der Waals surface area contributed by atoms with Crippen molar-refractivity contribution in [3.8, 4) is 0 Å². The first-order valence-corrected chi connectivity index (χ1v) is 7.33. The van der Waals surface area contributed by atoms with Gasteiger partial charge in [0.15, 0.2) is 0 Å². The molecule has 0 aliphatic carbocycles. The monoisotopic (exact) mass is 265 g/mol. The number of ether oxygens (including phenoxy) is 1. The number of nitrogens with one attached hydrogen (secondary N) is 1. The van der Waals surface area contributed by atoms with Crippen LogP contribution in [0.2, 0.25) is 0 Å². The first kappa shape index (κ1) is 12.9. The fourth-order valence-corrected chi connectivity index (χ4v) is 2.98. The van der Waals surface area contributed by atoms with E-state index in [1.54, 1.807) is 0 Å². The summed E-state index contributed by atoms with van der Waals surface area (Å²) in [5, 5.41) is 7.39. The van der Waals surface area contributed by atoms with E-state index in [1.807, 2.05) is 0 Å². The van der Waals surface area contributed by atoms with Gasteiger partial charge in [-0.3, -0.25) is 5.10 Å². The summed E-state index contributed by atoms with van der Waals surface area (Å²) in [5.41, 5.74) is 5.77. The highest BCUT2D eigenvalue weighted by Crippen LogP contribution is 2.21. The van der Waals surface area contributed by atoms with Gasteiger partial charge in [0.05, 0.1) is 6.10 Å². The standard InChI is InChI=1S/C13H23N5O/c14-8-10-3-1-5-18(9-10)13-15-12(16-17-13)7-11-4-2-6-19-11/h10-11H,1-9,14H2,(H,15,16,17). The van der Waals surface area contributed by atoms with Crippen molar-refractivity contribution in [2.24, 2.45) is 11.7 Å². The third-order valence-corrected chi connectivity index (χ3v) is 4.10. The van der Waals surface area contributed by atoms with Gasteiger partial charge in [0.1, 0.15) is 5.82 Å². The lowest BCUT2D eigenvalue weighted by atomic mass is 9.99. The number of aromatic amines is 1. The van der Waals surface area contributed by atoms with Crippen molar-refractivity contribution in [2.75, 3.05) is 31.1 Å². The van der Waals surface area contributed by atoms with Crippen LogP contribution in [0, 0.1) is 5.92 Å². The molecule has 2 unspecified atom stereocenters. The SMILES string of the molecule is NCC1CCCN(c2n[nH]c(CC3CCCO3)n2)C1. The van der Waals surface area contributed by atoms with Crippen molar-refractivity contribution < 1.29 is 4.74 Å². The van der Waals surface area contributed by atoms with Crippen molar-refractivity contribution in [1.82, 2.24) is 15.2 Å². The molecule has 106 valence electrons. The van der Waals surface area contributed by atoms with E-state index < -0.39 is 0 Å². The predicted octanol–water partition coefficient (Wildman–Crippen LogP) is 0.701. The predicted molar refractivity (Wildman–Crippen MR) is 73.1 cm³/mol. The zero-order chi connectivity index (χ0) is 13.1. The molecule has 0 radical (unpaired) electrons. The first-order chi connectivity index (χ1) is 9.35. The van der Waals surface area contributed by atoms with Crippen LogP contribution in [0.3, 0.4) is 0 Å². The van der Waals surface area contributed by atoms with Crippen LogP contribution in [-0.4, -0.2) is 47.5 Å². The van der Waals surface area contributed by atoms with E-state index in [-0.39, 0.29) is 0 Å². The van der Waals surface area contributed by atoms with Crippen LogP contribution in [0.5, 0.6) is 0 Å². The second kappa shape index (κ2) is 5.88. The number of rotatable bonds is 4. The summed E-state index contributed by atoms with van der Waals surface area (Å²) >= 11 is 0. The number of aromatic nitrogens is 3. The van der Waals surface area contributed by atoms with Gasteiger partial charge in [-0.05, 0) is 38.1 Å². The molecule has 1 aromatic heterocycles. The van der Waals surface area contributed by atoms with E-state index in [2.05, 4.69) is 20.1 Å². The Kier molecular flexibility index (Phi) is 3.98. The minimum Gasteiger partial charge on any atom is -0.378 e. The maximum Gasteiger partial charge on any atom is 0.244 e. The number of nitrogens with zero attached hydrogens (tertiary/aromatic N) is 3. The fourth-order valence-electron chi connectivity index (χ4n) is 2.98. The Hall–Kier alpha value is -1.14. The van der Waals surface area contributed by atoms with Gasteiger partial charge in [0.25, 0.3) is 0 Å². The molecule has 2 fully saturated rings. The minimum absolute atomic E-state index is 0.318. The normalized spacial score (nSPS) is 27.9. The topological polar surface area (TPSA) is 80.1 Å². The highest BCUT2D eigenvalue weighted by Gasteiger charge is 2.23. The summed E-state index contributed by atoms with van der Waals surface area (Å²) in [7, 11) is 0. The Labute approximate surface area is 113 Å². The number of H-pyrrole nitrogens is 1. The number of hydrogen-bond acceptors (Lipinski definition) is 5. The quantitative estimate of drug-likeness (QED) is 0.837. The molecule has 2 atom stereocenters. The second-order valence-electron chi connectivity index (χ2n) is 5.61. The zero-order valence-electron chi connectivity index (χ0n) is 11.3. The van der Waals surface area contributed by atoms with Gasteiger partial charge in [-0.1, -0.05) is 0 Å². The van der Waals surface area contributed by atoms with E-state index >= 15 is 0 Å². The Morgan fingerprint density at radius 2 is 2.32 bits per heavy atom. The van der Waals surface area contributed by atoms with Crippen molar-refractivity contribution in [1.29, 1.82) is 0 Å². The first-order valence-electron chi connectivity index (χ1n) is 7.33. The molecule has 19 heavy (non-hydrogen) atoms. The molecule has 6 nitrogen and oxygen atoms in total. The summed E-state index contributed by atoms with van der Waals surface area (Å²) in [6.07, 6.45) is 5.86. The van der Waals surface area contributed by atoms with Gasteiger partial charge in [-0.15, -0.1) is 5.10 Å². The summed E-state index contributed by atoms with van der Waals surface area (Å²) in [5.74, 6) is 2.34. The van der Waals surface area contributed by atoms with Crippen LogP contribution in [0.15, 0.2) is 0 Å². The molecular formula is C13H23N5O. The van der Waals surface area contributed by atoms with Crippen LogP contribution in [-0.2, 0) is 11.2 Å². The van der Waals surface area contributed by atoms with Crippen LogP contribution >= 0.6 is 0 Å². The Balaban J connectivity index is 1.60. The Bertz CT molecular complexity index is 401. The summed E-state index contributed by atoms with van der Waals surface area (Å²) in [4.78, 5) is 6.85. The van der Waals surface area contributed by atoms with E-state index in [0.29, 0.717) is 12.0 Å². The van der Waals surface area contributed by atoms with Gasteiger partial charge >= 0.3 is 0 Å². The smallest absolute Gasteiger partial charge is 0.244 e. The number of hydrogen-bond donors (Lipinski definition) is 2. The average molecular weight is 265 g/mol. The molecule has 3 N–H and O–H groups in total. The lowest BCUT2D eigenvalue weighted by molar-refractivity contribution is 0.110. The van der Waals surface area contributed by atoms with Gasteiger partial charge < -0.3 is 15.4 Å². The summed E-state index contributed by atoms with van der Waals surface area (Å²) < 4.78 is 5.63. The highest BCUT2D eigenvalue weighted by molar-refractivity contribution is 5.29. The van der Waals surface area contributed by atoms with Gasteiger partial charge in [0.2, 0.25) is 5.95 Å². The number of nitrogens with two attached hydrogens (primary N) is 1. The minimum atomic E-state index is 0.318. The molecule has 0 amide bonds. The molecule has 0 aromatic carbocycles. The van der Waals surface area contributed by atoms with E-state index in [0.717, 1.165) is 57.3 Å². The number of anilines is 1. The summed E-state index contributed by atoms with van der Waals surface area (Å²) in [6, 6.07) is 0. The van der Waals surface area contributed by atoms with Gasteiger partial charge in [0, 0.05) is 26.1 Å². The van der Waals surface area contributed by atoms with Crippen molar-refractivity contribution in [3.05, 3.63) is 5.82 Å². The van der Waals surface area contributed by atoms with Crippen molar-refractivity contribution in [3.63, 3.8) is 0 Å². The largest absolute Gasteiger partial charge is 0.378 e. The molecule has 0 saturated carbocycles. The van der Waals surface area contributed by atoms with Crippen molar-refractivity contribution in [2.45, 2.75) is 38.2 Å². The van der Waals surface area contributed by atoms with Crippen LogP contribution < -0.4 is 10.6 Å². The summed E-state index contributed by atoms with van der Waals surface area (Å²) in [6.45, 7) is 3.65. The molecule has 2 aliphatic heterocycles. The lowest BCUT2D eigenvalue weighted by Crippen LogP contribution is -2.39. The third-order valence-electron chi connectivity index (χ3n) is 4.10. The highest BCUT2D eigenvalue weighted by atomic mass is 16.5. The van der Waals surface area contributed by atoms with Crippen molar-refractivity contribution >= 4 is 5.95 Å². The van der Waals surface area contributed by atoms with Crippen LogP contribution in [0.25, 0.3) is 0 Å². The lowest BCUT2D eigenvalue weighted by Gasteiger charge is -2.31. The molecule has 6 heteroatoms. The average Bonchev–Trinajstić information content (AvgIpc) is 3.11. The molecule has 3 rings (SSSR count). The van der Waals surface area contributed by atoms with Gasteiger partial charge in [-0.2, -0.15) is 4.98 Å². The second-order valence-corrected chi connectivity index (χ2v) is 5.61. The molecule has 0 spiro atoms. The van der Waals surface area contributed by atoms with E-state index in [4.69, 9.17) is 10.5 Å². The Morgan fingerprint density at radius 3 is 3.11 bits per heavy atom. The zero-order valence-corrected chi connectivity index (χ0v) is 11.3. The van der Waals surface area contributed by atoms with Crippen LogP contribution in [0.4, 0.5) is 5.95 Å². The molecule has 3 heterocycles. The molecule has 0 bridgehead atoms. The molecule has 2 aliphatic rings. The number of piperidine rings is 1. The third kappa shape index (κ3) is 3.06. The maximum absolute atomic E-state index is 5.77. The van der Waals surface area contributed by atoms with Crippen LogP contribution in [0.1, 0.15) is 31.5 Å². The van der Waals surface area contributed by atoms with E-state index in [1.165, 1.54) is 12.8 Å². The fraction of sp³-hybridized carbons (Fsp3) is 0.846. The molecule has 2 saturated heterocycles.